The number of amides is 1. The fourth-order valence-corrected chi connectivity index (χ4v) is 2.62. The normalized spacial score (nSPS) is 20.4. The minimum atomic E-state index is -0.193. The van der Waals surface area contributed by atoms with Crippen LogP contribution in [0.3, 0.4) is 0 Å². The molecule has 3 nitrogen and oxygen atoms in total. The molecular weight excluding hydrogens is 243 g/mol. The zero-order chi connectivity index (χ0) is 13.2. The predicted molar refractivity (Wildman–Crippen MR) is 72.5 cm³/mol. The maximum absolute atomic E-state index is 13.2. The summed E-state index contributed by atoms with van der Waals surface area (Å²) in [4.78, 5) is 13.9. The Kier molecular flexibility index (Phi) is 3.40. The molecule has 3 rings (SSSR count). The van der Waals surface area contributed by atoms with Crippen LogP contribution in [0.1, 0.15) is 25.7 Å². The highest BCUT2D eigenvalue weighted by Crippen LogP contribution is 2.29. The Hall–Kier alpha value is -1.58. The van der Waals surface area contributed by atoms with Crippen LogP contribution in [-0.2, 0) is 4.79 Å². The van der Waals surface area contributed by atoms with Crippen LogP contribution in [0.15, 0.2) is 24.3 Å². The Balaban J connectivity index is 1.52. The molecular formula is C15H19FN2O. The maximum atomic E-state index is 13.2. The van der Waals surface area contributed by atoms with Gasteiger partial charge in [-0.25, -0.2) is 4.39 Å². The number of rotatable bonds is 3. The Labute approximate surface area is 112 Å². The van der Waals surface area contributed by atoms with Crippen LogP contribution in [0.5, 0.6) is 0 Å². The molecule has 1 saturated carbocycles. The number of anilines is 1. The molecule has 0 spiro atoms. The second-order valence-electron chi connectivity index (χ2n) is 5.52. The van der Waals surface area contributed by atoms with E-state index in [1.54, 1.807) is 12.1 Å². The molecule has 1 aromatic rings. The lowest BCUT2D eigenvalue weighted by molar-refractivity contribution is -0.123. The van der Waals surface area contributed by atoms with Gasteiger partial charge in [0.25, 0.3) is 0 Å². The van der Waals surface area contributed by atoms with Gasteiger partial charge in [0, 0.05) is 30.7 Å². The first-order chi connectivity index (χ1) is 9.22. The number of hydrogen-bond acceptors (Lipinski definition) is 2. The van der Waals surface area contributed by atoms with Crippen molar-refractivity contribution in [1.82, 2.24) is 5.32 Å². The van der Waals surface area contributed by atoms with Gasteiger partial charge in [0.2, 0.25) is 5.91 Å². The van der Waals surface area contributed by atoms with Crippen molar-refractivity contribution in [2.24, 2.45) is 5.92 Å². The molecule has 0 aromatic heterocycles. The number of carbonyl (C=O) groups is 1. The van der Waals surface area contributed by atoms with Gasteiger partial charge < -0.3 is 10.2 Å². The van der Waals surface area contributed by atoms with E-state index in [1.807, 2.05) is 6.07 Å². The lowest BCUT2D eigenvalue weighted by Gasteiger charge is -2.34. The Bertz CT molecular complexity index is 465. The van der Waals surface area contributed by atoms with Crippen molar-refractivity contribution in [2.45, 2.75) is 31.7 Å². The highest BCUT2D eigenvalue weighted by molar-refractivity contribution is 5.81. The van der Waals surface area contributed by atoms with Gasteiger partial charge in [-0.1, -0.05) is 6.07 Å². The minimum absolute atomic E-state index is 0.193. The van der Waals surface area contributed by atoms with E-state index in [0.717, 1.165) is 44.5 Å². The number of benzene rings is 1. The molecule has 0 bridgehead atoms. The van der Waals surface area contributed by atoms with Crippen molar-refractivity contribution < 1.29 is 9.18 Å². The molecule has 1 aliphatic heterocycles. The fourth-order valence-electron chi connectivity index (χ4n) is 2.62. The zero-order valence-corrected chi connectivity index (χ0v) is 10.9. The summed E-state index contributed by atoms with van der Waals surface area (Å²) in [6.45, 7) is 1.75. The molecule has 4 heteroatoms. The van der Waals surface area contributed by atoms with Crippen molar-refractivity contribution in [1.29, 1.82) is 0 Å². The fraction of sp³-hybridized carbons (Fsp3) is 0.533. The summed E-state index contributed by atoms with van der Waals surface area (Å²) in [5.74, 6) is 0.312. The molecule has 102 valence electrons. The van der Waals surface area contributed by atoms with E-state index >= 15 is 0 Å². The number of nitrogens with one attached hydrogen (secondary N) is 1. The third-order valence-corrected chi connectivity index (χ3v) is 3.96. The highest BCUT2D eigenvalue weighted by atomic mass is 19.1. The molecule has 0 atom stereocenters. The van der Waals surface area contributed by atoms with Crippen molar-refractivity contribution in [3.63, 3.8) is 0 Å². The van der Waals surface area contributed by atoms with Gasteiger partial charge in [-0.3, -0.25) is 4.79 Å². The number of nitrogens with zero attached hydrogens (tertiary/aromatic N) is 1. The van der Waals surface area contributed by atoms with Crippen molar-refractivity contribution in [3.05, 3.63) is 30.1 Å². The second-order valence-corrected chi connectivity index (χ2v) is 5.52. The summed E-state index contributed by atoms with van der Waals surface area (Å²) in [7, 11) is 0. The van der Waals surface area contributed by atoms with E-state index in [2.05, 4.69) is 10.2 Å². The van der Waals surface area contributed by atoms with Gasteiger partial charge in [-0.05, 0) is 43.9 Å². The van der Waals surface area contributed by atoms with Crippen LogP contribution in [-0.4, -0.2) is 25.0 Å². The number of carbonyl (C=O) groups excluding carboxylic acids is 1. The third-order valence-electron chi connectivity index (χ3n) is 3.96. The zero-order valence-electron chi connectivity index (χ0n) is 10.9. The molecule has 1 aromatic carbocycles. The standard InChI is InChI=1S/C15H19FN2O/c16-12-2-1-3-14(10-12)18-8-6-13(7-9-18)17-15(19)11-4-5-11/h1-3,10-11,13H,4-9H2,(H,17,19). The van der Waals surface area contributed by atoms with Gasteiger partial charge in [-0.15, -0.1) is 0 Å². The first kappa shape index (κ1) is 12.5. The van der Waals surface area contributed by atoms with Crippen LogP contribution in [0.4, 0.5) is 10.1 Å². The van der Waals surface area contributed by atoms with Gasteiger partial charge in [0.05, 0.1) is 0 Å². The quantitative estimate of drug-likeness (QED) is 0.906. The topological polar surface area (TPSA) is 32.3 Å². The molecule has 2 aliphatic rings. The summed E-state index contributed by atoms with van der Waals surface area (Å²) >= 11 is 0. The average molecular weight is 262 g/mol. The first-order valence-corrected chi connectivity index (χ1v) is 7.03. The summed E-state index contributed by atoms with van der Waals surface area (Å²) in [6, 6.07) is 7.01. The van der Waals surface area contributed by atoms with E-state index in [-0.39, 0.29) is 23.7 Å². The van der Waals surface area contributed by atoms with E-state index in [9.17, 15) is 9.18 Å². The lowest BCUT2D eigenvalue weighted by atomic mass is 10.0. The SMILES string of the molecule is O=C(NC1CCN(c2cccc(F)c2)CC1)C1CC1. The van der Waals surface area contributed by atoms with Gasteiger partial charge in [0.1, 0.15) is 5.82 Å². The minimum Gasteiger partial charge on any atom is -0.371 e. The van der Waals surface area contributed by atoms with E-state index in [4.69, 9.17) is 0 Å². The van der Waals surface area contributed by atoms with Crippen LogP contribution >= 0.6 is 0 Å². The van der Waals surface area contributed by atoms with E-state index in [0.29, 0.717) is 0 Å². The Morgan fingerprint density at radius 1 is 1.21 bits per heavy atom. The van der Waals surface area contributed by atoms with Crippen LogP contribution in [0.2, 0.25) is 0 Å². The second kappa shape index (κ2) is 5.19. The van der Waals surface area contributed by atoms with Crippen LogP contribution < -0.4 is 10.2 Å². The predicted octanol–water partition coefficient (Wildman–Crippen LogP) is 2.32. The van der Waals surface area contributed by atoms with Gasteiger partial charge in [0.15, 0.2) is 0 Å². The maximum Gasteiger partial charge on any atom is 0.223 e. The van der Waals surface area contributed by atoms with Crippen molar-refractivity contribution in [3.8, 4) is 0 Å². The summed E-state index contributed by atoms with van der Waals surface area (Å²) in [5, 5.41) is 3.12. The largest absolute Gasteiger partial charge is 0.371 e. The molecule has 1 heterocycles. The lowest BCUT2D eigenvalue weighted by Crippen LogP contribution is -2.45. The van der Waals surface area contributed by atoms with Gasteiger partial charge in [-0.2, -0.15) is 0 Å². The molecule has 0 radical (unpaired) electrons. The molecule has 0 unspecified atom stereocenters. The van der Waals surface area contributed by atoms with Crippen molar-refractivity contribution >= 4 is 11.6 Å². The summed E-state index contributed by atoms with van der Waals surface area (Å²) in [5.41, 5.74) is 0.937. The van der Waals surface area contributed by atoms with Crippen LogP contribution in [0.25, 0.3) is 0 Å². The monoisotopic (exact) mass is 262 g/mol. The van der Waals surface area contributed by atoms with E-state index in [1.165, 1.54) is 6.07 Å². The number of piperidine rings is 1. The molecule has 1 N–H and O–H groups in total. The summed E-state index contributed by atoms with van der Waals surface area (Å²) < 4.78 is 13.2. The van der Waals surface area contributed by atoms with E-state index < -0.39 is 0 Å². The molecule has 1 aliphatic carbocycles. The smallest absolute Gasteiger partial charge is 0.223 e. The van der Waals surface area contributed by atoms with Crippen molar-refractivity contribution in [2.75, 3.05) is 18.0 Å². The van der Waals surface area contributed by atoms with Gasteiger partial charge >= 0.3 is 0 Å². The highest BCUT2D eigenvalue weighted by Gasteiger charge is 2.31. The number of halogens is 1. The first-order valence-electron chi connectivity index (χ1n) is 7.03. The average Bonchev–Trinajstić information content (AvgIpc) is 3.24. The summed E-state index contributed by atoms with van der Waals surface area (Å²) in [6.07, 6.45) is 3.98. The molecule has 1 amide bonds. The van der Waals surface area contributed by atoms with Crippen LogP contribution in [0, 0.1) is 11.7 Å². The Morgan fingerprint density at radius 3 is 2.58 bits per heavy atom. The number of hydrogen-bond donors (Lipinski definition) is 1. The molecule has 19 heavy (non-hydrogen) atoms. The molecule has 1 saturated heterocycles. The third kappa shape index (κ3) is 3.06. The Morgan fingerprint density at radius 2 is 1.95 bits per heavy atom. The molecule has 2 fully saturated rings.